The number of nitriles is 1. The number of nitrogens with zero attached hydrogens (tertiary/aromatic N) is 2. The lowest BCUT2D eigenvalue weighted by Crippen LogP contribution is -2.33. The van der Waals surface area contributed by atoms with Gasteiger partial charge in [0.1, 0.15) is 5.75 Å². The predicted octanol–water partition coefficient (Wildman–Crippen LogP) is 2.19. The van der Waals surface area contributed by atoms with E-state index >= 15 is 0 Å². The minimum absolute atomic E-state index is 0.0182. The molecule has 0 aromatic heterocycles. The number of aromatic hydroxyl groups is 1. The molecular formula is C18H17N3O4. The highest BCUT2D eigenvalue weighted by Gasteiger charge is 2.13. The van der Waals surface area contributed by atoms with E-state index in [0.29, 0.717) is 22.6 Å². The van der Waals surface area contributed by atoms with Crippen molar-refractivity contribution in [1.82, 2.24) is 5.43 Å². The average molecular weight is 339 g/mol. The molecule has 1 atom stereocenters. The van der Waals surface area contributed by atoms with Gasteiger partial charge in [-0.25, -0.2) is 5.43 Å². The number of carbonyl (C=O) groups excluding carboxylic acids is 1. The van der Waals surface area contributed by atoms with Crippen LogP contribution >= 0.6 is 0 Å². The molecule has 2 aromatic rings. The molecule has 0 spiro atoms. The van der Waals surface area contributed by atoms with E-state index in [0.717, 1.165) is 0 Å². The first-order chi connectivity index (χ1) is 12.0. The summed E-state index contributed by atoms with van der Waals surface area (Å²) in [6.45, 7) is 1.59. The number of amides is 1. The number of hydrazone groups is 1. The third kappa shape index (κ3) is 4.97. The van der Waals surface area contributed by atoms with Gasteiger partial charge in [-0.1, -0.05) is 0 Å². The van der Waals surface area contributed by atoms with Gasteiger partial charge in [0.15, 0.2) is 17.6 Å². The van der Waals surface area contributed by atoms with Crippen molar-refractivity contribution < 1.29 is 19.4 Å². The van der Waals surface area contributed by atoms with Gasteiger partial charge < -0.3 is 14.6 Å². The standard InChI is InChI=1S/C18H17N3O4/c1-12(25-15-6-3-13(10-19)4-7-15)18(23)21-20-11-14-5-8-17(24-2)16(22)9-14/h3-9,11-12,22H,1-2H3,(H,21,23)/b20-11-/t12-/m1/s1. The highest BCUT2D eigenvalue weighted by atomic mass is 16.5. The van der Waals surface area contributed by atoms with Gasteiger partial charge >= 0.3 is 0 Å². The third-order valence-corrected chi connectivity index (χ3v) is 3.26. The van der Waals surface area contributed by atoms with Gasteiger partial charge in [-0.2, -0.15) is 10.4 Å². The largest absolute Gasteiger partial charge is 0.504 e. The van der Waals surface area contributed by atoms with Crippen molar-refractivity contribution in [3.8, 4) is 23.3 Å². The normalized spacial score (nSPS) is 11.6. The summed E-state index contributed by atoms with van der Waals surface area (Å²) in [7, 11) is 1.46. The Morgan fingerprint density at radius 2 is 2.04 bits per heavy atom. The Morgan fingerprint density at radius 1 is 1.32 bits per heavy atom. The van der Waals surface area contributed by atoms with Crippen molar-refractivity contribution in [3.05, 3.63) is 53.6 Å². The second kappa shape index (κ2) is 8.36. The molecule has 7 heteroatoms. The fourth-order valence-corrected chi connectivity index (χ4v) is 1.91. The number of rotatable bonds is 6. The fraction of sp³-hybridized carbons (Fsp3) is 0.167. The SMILES string of the molecule is COc1ccc(/C=N\NC(=O)[C@@H](C)Oc2ccc(C#N)cc2)cc1O. The number of benzene rings is 2. The summed E-state index contributed by atoms with van der Waals surface area (Å²) in [5, 5.41) is 22.2. The van der Waals surface area contributed by atoms with Crippen LogP contribution in [0.4, 0.5) is 0 Å². The van der Waals surface area contributed by atoms with Crippen LogP contribution in [0.3, 0.4) is 0 Å². The quantitative estimate of drug-likeness (QED) is 0.620. The zero-order chi connectivity index (χ0) is 18.2. The van der Waals surface area contributed by atoms with Gasteiger partial charge in [-0.15, -0.1) is 0 Å². The molecule has 0 bridgehead atoms. The van der Waals surface area contributed by atoms with Gasteiger partial charge in [0, 0.05) is 0 Å². The van der Waals surface area contributed by atoms with Gasteiger partial charge in [-0.3, -0.25) is 4.79 Å². The Kier molecular flexibility index (Phi) is 5.96. The van der Waals surface area contributed by atoms with Gasteiger partial charge in [-0.05, 0) is 55.0 Å². The highest BCUT2D eigenvalue weighted by Crippen LogP contribution is 2.25. The van der Waals surface area contributed by atoms with Crippen LogP contribution in [0.5, 0.6) is 17.2 Å². The molecule has 0 heterocycles. The molecule has 1 amide bonds. The van der Waals surface area contributed by atoms with E-state index in [4.69, 9.17) is 14.7 Å². The van der Waals surface area contributed by atoms with Crippen LogP contribution in [0.15, 0.2) is 47.6 Å². The van der Waals surface area contributed by atoms with E-state index in [-0.39, 0.29) is 5.75 Å². The van der Waals surface area contributed by atoms with Crippen LogP contribution in [-0.2, 0) is 4.79 Å². The molecule has 0 saturated carbocycles. The van der Waals surface area contributed by atoms with Crippen LogP contribution in [0.1, 0.15) is 18.1 Å². The average Bonchev–Trinajstić information content (AvgIpc) is 2.62. The first-order valence-corrected chi connectivity index (χ1v) is 7.40. The van der Waals surface area contributed by atoms with Crippen molar-refractivity contribution >= 4 is 12.1 Å². The Hall–Kier alpha value is -3.53. The minimum atomic E-state index is -0.769. The monoisotopic (exact) mass is 339 g/mol. The summed E-state index contributed by atoms with van der Waals surface area (Å²) in [5.74, 6) is 0.380. The number of nitrogens with one attached hydrogen (secondary N) is 1. The van der Waals surface area contributed by atoms with Crippen LogP contribution in [0.25, 0.3) is 0 Å². The van der Waals surface area contributed by atoms with Crippen LogP contribution in [0, 0.1) is 11.3 Å². The zero-order valence-corrected chi connectivity index (χ0v) is 13.8. The first-order valence-electron chi connectivity index (χ1n) is 7.40. The number of carbonyl (C=O) groups is 1. The van der Waals surface area contributed by atoms with Gasteiger partial charge in [0.05, 0.1) is 25.0 Å². The predicted molar refractivity (Wildman–Crippen MR) is 91.6 cm³/mol. The molecule has 128 valence electrons. The summed E-state index contributed by atoms with van der Waals surface area (Å²) in [6, 6.07) is 13.2. The molecule has 7 nitrogen and oxygen atoms in total. The zero-order valence-electron chi connectivity index (χ0n) is 13.8. The second-order valence-corrected chi connectivity index (χ2v) is 5.06. The molecule has 0 aliphatic carbocycles. The summed E-state index contributed by atoms with van der Waals surface area (Å²) in [6.07, 6.45) is 0.625. The van der Waals surface area contributed by atoms with Crippen molar-refractivity contribution in [2.24, 2.45) is 5.10 Å². The smallest absolute Gasteiger partial charge is 0.280 e. The van der Waals surface area contributed by atoms with Crippen LogP contribution in [-0.4, -0.2) is 30.4 Å². The van der Waals surface area contributed by atoms with Gasteiger partial charge in [0.25, 0.3) is 5.91 Å². The lowest BCUT2D eigenvalue weighted by molar-refractivity contribution is -0.127. The van der Waals surface area contributed by atoms with Crippen molar-refractivity contribution in [2.45, 2.75) is 13.0 Å². The molecule has 0 aliphatic heterocycles. The Labute approximate surface area is 145 Å². The molecule has 0 aliphatic rings. The first kappa shape index (κ1) is 17.8. The topological polar surface area (TPSA) is 104 Å². The van der Waals surface area contributed by atoms with E-state index < -0.39 is 12.0 Å². The molecule has 0 fully saturated rings. The van der Waals surface area contributed by atoms with E-state index in [1.807, 2.05) is 6.07 Å². The van der Waals surface area contributed by atoms with E-state index in [1.54, 1.807) is 43.3 Å². The molecule has 0 unspecified atom stereocenters. The maximum atomic E-state index is 12.0. The maximum Gasteiger partial charge on any atom is 0.280 e. The molecule has 0 saturated heterocycles. The second-order valence-electron chi connectivity index (χ2n) is 5.06. The van der Waals surface area contributed by atoms with Crippen molar-refractivity contribution in [3.63, 3.8) is 0 Å². The summed E-state index contributed by atoms with van der Waals surface area (Å²) >= 11 is 0. The highest BCUT2D eigenvalue weighted by molar-refractivity contribution is 5.84. The van der Waals surface area contributed by atoms with E-state index in [9.17, 15) is 9.90 Å². The molecule has 25 heavy (non-hydrogen) atoms. The Balaban J connectivity index is 1.90. The lowest BCUT2D eigenvalue weighted by atomic mass is 10.2. The van der Waals surface area contributed by atoms with Crippen LogP contribution < -0.4 is 14.9 Å². The minimum Gasteiger partial charge on any atom is -0.504 e. The molecule has 0 radical (unpaired) electrons. The molecule has 2 N–H and O–H groups in total. The van der Waals surface area contributed by atoms with E-state index in [2.05, 4.69) is 10.5 Å². The fourth-order valence-electron chi connectivity index (χ4n) is 1.91. The van der Waals surface area contributed by atoms with Crippen molar-refractivity contribution in [2.75, 3.05) is 7.11 Å². The number of phenols is 1. The van der Waals surface area contributed by atoms with Crippen LogP contribution in [0.2, 0.25) is 0 Å². The Bertz CT molecular complexity index is 810. The van der Waals surface area contributed by atoms with E-state index in [1.165, 1.54) is 19.4 Å². The number of hydrogen-bond donors (Lipinski definition) is 2. The third-order valence-electron chi connectivity index (χ3n) is 3.26. The summed E-state index contributed by atoms with van der Waals surface area (Å²) in [5.41, 5.74) is 3.47. The molecule has 2 aromatic carbocycles. The van der Waals surface area contributed by atoms with Crippen molar-refractivity contribution in [1.29, 1.82) is 5.26 Å². The molecular weight excluding hydrogens is 322 g/mol. The summed E-state index contributed by atoms with van der Waals surface area (Å²) < 4.78 is 10.4. The lowest BCUT2D eigenvalue weighted by Gasteiger charge is -2.12. The number of methoxy groups -OCH3 is 1. The maximum absolute atomic E-state index is 12.0. The summed E-state index contributed by atoms with van der Waals surface area (Å²) in [4.78, 5) is 12.0. The van der Waals surface area contributed by atoms with Gasteiger partial charge in [0.2, 0.25) is 0 Å². The number of phenolic OH excluding ortho intramolecular Hbond substituents is 1. The number of ether oxygens (including phenoxy) is 2. The molecule has 2 rings (SSSR count). The number of hydrogen-bond acceptors (Lipinski definition) is 6. The Morgan fingerprint density at radius 3 is 2.64 bits per heavy atom.